The Bertz CT molecular complexity index is 607. The van der Waals surface area contributed by atoms with Crippen molar-refractivity contribution in [3.63, 3.8) is 0 Å². The third-order valence-corrected chi connectivity index (χ3v) is 2.53. The zero-order valence-electron chi connectivity index (χ0n) is 10.7. The van der Waals surface area contributed by atoms with E-state index in [4.69, 9.17) is 10.00 Å². The highest BCUT2D eigenvalue weighted by atomic mass is 16.5. The van der Waals surface area contributed by atoms with Crippen LogP contribution >= 0.6 is 0 Å². The van der Waals surface area contributed by atoms with Gasteiger partial charge >= 0.3 is 0 Å². The van der Waals surface area contributed by atoms with Crippen LogP contribution in [0.1, 0.15) is 22.4 Å². The standard InChI is InChI=1S/C15H14N2O/c1-10-6-11(2)8-14(7-10)18-15-13(9-16)5-4-12(3)17-15/h4-8H,1-3H3. The third-order valence-electron chi connectivity index (χ3n) is 2.53. The largest absolute Gasteiger partial charge is 0.438 e. The minimum Gasteiger partial charge on any atom is -0.438 e. The van der Waals surface area contributed by atoms with Gasteiger partial charge in [0.25, 0.3) is 0 Å². The first kappa shape index (κ1) is 12.1. The van der Waals surface area contributed by atoms with E-state index >= 15 is 0 Å². The summed E-state index contributed by atoms with van der Waals surface area (Å²) in [5.74, 6) is 1.07. The zero-order valence-corrected chi connectivity index (χ0v) is 10.7. The molecule has 18 heavy (non-hydrogen) atoms. The fourth-order valence-electron chi connectivity index (χ4n) is 1.80. The van der Waals surface area contributed by atoms with Gasteiger partial charge in [-0.25, -0.2) is 4.98 Å². The van der Waals surface area contributed by atoms with Crippen molar-refractivity contribution in [1.82, 2.24) is 4.98 Å². The van der Waals surface area contributed by atoms with E-state index in [0.29, 0.717) is 17.2 Å². The zero-order chi connectivity index (χ0) is 13.1. The van der Waals surface area contributed by atoms with E-state index in [1.807, 2.05) is 32.9 Å². The molecular weight excluding hydrogens is 224 g/mol. The topological polar surface area (TPSA) is 45.9 Å². The summed E-state index contributed by atoms with van der Waals surface area (Å²) in [7, 11) is 0. The molecular formula is C15H14N2O. The SMILES string of the molecule is Cc1cc(C)cc(Oc2nc(C)ccc2C#N)c1. The number of pyridine rings is 1. The number of nitrogens with zero attached hydrogens (tertiary/aromatic N) is 2. The van der Waals surface area contributed by atoms with Crippen molar-refractivity contribution in [3.8, 4) is 17.7 Å². The molecule has 0 amide bonds. The van der Waals surface area contributed by atoms with Gasteiger partial charge < -0.3 is 4.74 Å². The Kier molecular flexibility index (Phi) is 3.29. The minimum absolute atomic E-state index is 0.363. The van der Waals surface area contributed by atoms with Crippen molar-refractivity contribution >= 4 is 0 Å². The fourth-order valence-corrected chi connectivity index (χ4v) is 1.80. The second kappa shape index (κ2) is 4.89. The van der Waals surface area contributed by atoms with E-state index in [9.17, 15) is 0 Å². The second-order valence-corrected chi connectivity index (χ2v) is 4.34. The lowest BCUT2D eigenvalue weighted by Crippen LogP contribution is -1.94. The van der Waals surface area contributed by atoms with Gasteiger partial charge in [0.1, 0.15) is 17.4 Å². The second-order valence-electron chi connectivity index (χ2n) is 4.34. The van der Waals surface area contributed by atoms with E-state index in [-0.39, 0.29) is 0 Å². The molecule has 0 atom stereocenters. The van der Waals surface area contributed by atoms with Crippen LogP contribution in [-0.4, -0.2) is 4.98 Å². The number of benzene rings is 1. The molecule has 3 heteroatoms. The van der Waals surface area contributed by atoms with Crippen LogP contribution in [0.3, 0.4) is 0 Å². The fraction of sp³-hybridized carbons (Fsp3) is 0.200. The molecule has 0 spiro atoms. The number of aryl methyl sites for hydroxylation is 3. The lowest BCUT2D eigenvalue weighted by atomic mass is 10.1. The van der Waals surface area contributed by atoms with Crippen molar-refractivity contribution in [1.29, 1.82) is 5.26 Å². The molecule has 0 unspecified atom stereocenters. The van der Waals surface area contributed by atoms with Gasteiger partial charge in [-0.1, -0.05) is 6.07 Å². The van der Waals surface area contributed by atoms with Crippen molar-refractivity contribution in [2.45, 2.75) is 20.8 Å². The molecule has 0 aliphatic carbocycles. The summed E-state index contributed by atoms with van der Waals surface area (Å²) < 4.78 is 5.71. The highest BCUT2D eigenvalue weighted by molar-refractivity contribution is 5.42. The molecule has 1 aromatic heterocycles. The maximum absolute atomic E-state index is 9.03. The summed E-state index contributed by atoms with van der Waals surface area (Å²) in [4.78, 5) is 4.25. The summed E-state index contributed by atoms with van der Waals surface area (Å²) in [5.41, 5.74) is 3.51. The number of hydrogen-bond donors (Lipinski definition) is 0. The summed E-state index contributed by atoms with van der Waals surface area (Å²) in [6.45, 7) is 5.89. The van der Waals surface area contributed by atoms with Gasteiger partial charge in [0.2, 0.25) is 5.88 Å². The molecule has 0 fully saturated rings. The van der Waals surface area contributed by atoms with Crippen LogP contribution in [0.25, 0.3) is 0 Å². The van der Waals surface area contributed by atoms with Gasteiger partial charge in [0.15, 0.2) is 0 Å². The molecule has 0 saturated carbocycles. The molecule has 1 aromatic carbocycles. The van der Waals surface area contributed by atoms with Gasteiger partial charge in [-0.05, 0) is 56.2 Å². The first-order valence-corrected chi connectivity index (χ1v) is 5.72. The predicted molar refractivity (Wildman–Crippen MR) is 69.7 cm³/mol. The summed E-state index contributed by atoms with van der Waals surface area (Å²) in [5, 5.41) is 9.03. The average molecular weight is 238 g/mol. The van der Waals surface area contributed by atoms with E-state index < -0.39 is 0 Å². The van der Waals surface area contributed by atoms with Gasteiger partial charge in [-0.2, -0.15) is 5.26 Å². The van der Waals surface area contributed by atoms with E-state index in [0.717, 1.165) is 16.8 Å². The van der Waals surface area contributed by atoms with Crippen LogP contribution in [0.2, 0.25) is 0 Å². The maximum atomic E-state index is 9.03. The molecule has 0 saturated heterocycles. The first-order chi connectivity index (χ1) is 8.58. The predicted octanol–water partition coefficient (Wildman–Crippen LogP) is 3.67. The van der Waals surface area contributed by atoms with Crippen molar-refractivity contribution < 1.29 is 4.74 Å². The van der Waals surface area contributed by atoms with Crippen LogP contribution < -0.4 is 4.74 Å². The molecule has 1 heterocycles. The van der Waals surface area contributed by atoms with Crippen LogP contribution in [0.4, 0.5) is 0 Å². The number of hydrogen-bond acceptors (Lipinski definition) is 3. The van der Waals surface area contributed by atoms with Gasteiger partial charge in [0.05, 0.1) is 0 Å². The molecule has 0 bridgehead atoms. The molecule has 0 N–H and O–H groups in total. The van der Waals surface area contributed by atoms with Crippen LogP contribution in [0.5, 0.6) is 11.6 Å². The molecule has 2 rings (SSSR count). The summed E-state index contributed by atoms with van der Waals surface area (Å²) in [6.07, 6.45) is 0. The van der Waals surface area contributed by atoms with Crippen LogP contribution in [0, 0.1) is 32.1 Å². The highest BCUT2D eigenvalue weighted by Crippen LogP contribution is 2.25. The Morgan fingerprint density at radius 1 is 1.06 bits per heavy atom. The van der Waals surface area contributed by atoms with Gasteiger partial charge in [0, 0.05) is 5.69 Å². The summed E-state index contributed by atoms with van der Waals surface area (Å²) >= 11 is 0. The van der Waals surface area contributed by atoms with Crippen molar-refractivity contribution in [2.24, 2.45) is 0 Å². The minimum atomic E-state index is 0.363. The lowest BCUT2D eigenvalue weighted by molar-refractivity contribution is 0.459. The molecule has 2 aromatic rings. The van der Waals surface area contributed by atoms with Crippen molar-refractivity contribution in [2.75, 3.05) is 0 Å². The number of rotatable bonds is 2. The first-order valence-electron chi connectivity index (χ1n) is 5.72. The Morgan fingerprint density at radius 3 is 2.33 bits per heavy atom. The molecule has 0 radical (unpaired) electrons. The monoisotopic (exact) mass is 238 g/mol. The molecule has 0 aliphatic heterocycles. The Hall–Kier alpha value is -2.34. The average Bonchev–Trinajstić information content (AvgIpc) is 2.27. The quantitative estimate of drug-likeness (QED) is 0.801. The third kappa shape index (κ3) is 2.67. The number of ether oxygens (including phenoxy) is 1. The van der Waals surface area contributed by atoms with Gasteiger partial charge in [-0.3, -0.25) is 0 Å². The van der Waals surface area contributed by atoms with Crippen LogP contribution in [-0.2, 0) is 0 Å². The Labute approximate surface area is 107 Å². The van der Waals surface area contributed by atoms with E-state index in [2.05, 4.69) is 17.1 Å². The van der Waals surface area contributed by atoms with Crippen LogP contribution in [0.15, 0.2) is 30.3 Å². The molecule has 90 valence electrons. The highest BCUT2D eigenvalue weighted by Gasteiger charge is 2.07. The van der Waals surface area contributed by atoms with Crippen molar-refractivity contribution in [3.05, 3.63) is 52.7 Å². The molecule has 0 aliphatic rings. The smallest absolute Gasteiger partial charge is 0.237 e. The number of nitriles is 1. The maximum Gasteiger partial charge on any atom is 0.237 e. The Morgan fingerprint density at radius 2 is 1.72 bits per heavy atom. The number of aromatic nitrogens is 1. The van der Waals surface area contributed by atoms with E-state index in [1.54, 1.807) is 12.1 Å². The molecule has 3 nitrogen and oxygen atoms in total. The normalized spacial score (nSPS) is 9.89. The lowest BCUT2D eigenvalue weighted by Gasteiger charge is -2.08. The Balaban J connectivity index is 2.39. The van der Waals surface area contributed by atoms with E-state index in [1.165, 1.54) is 0 Å². The summed E-state index contributed by atoms with van der Waals surface area (Å²) in [6, 6.07) is 11.5. The van der Waals surface area contributed by atoms with Gasteiger partial charge in [-0.15, -0.1) is 0 Å².